The number of hydrogen-bond acceptors (Lipinski definition) is 4. The van der Waals surface area contributed by atoms with Gasteiger partial charge in [0.1, 0.15) is 0 Å². The van der Waals surface area contributed by atoms with E-state index in [0.717, 1.165) is 56.6 Å². The minimum atomic E-state index is 0.282. The lowest BCUT2D eigenvalue weighted by atomic mass is 10.3. The number of aromatic nitrogens is 1. The van der Waals surface area contributed by atoms with Gasteiger partial charge in [0.15, 0.2) is 5.96 Å². The van der Waals surface area contributed by atoms with Crippen molar-refractivity contribution >= 4 is 5.96 Å². The van der Waals surface area contributed by atoms with Crippen LogP contribution in [0.4, 0.5) is 0 Å². The molecule has 6 nitrogen and oxygen atoms in total. The Morgan fingerprint density at radius 2 is 2.36 bits per heavy atom. The minimum absolute atomic E-state index is 0.282. The summed E-state index contributed by atoms with van der Waals surface area (Å²) in [6, 6.07) is 6.01. The van der Waals surface area contributed by atoms with Crippen LogP contribution in [0.2, 0.25) is 0 Å². The zero-order valence-corrected chi connectivity index (χ0v) is 13.5. The summed E-state index contributed by atoms with van der Waals surface area (Å²) in [6.45, 7) is 5.79. The van der Waals surface area contributed by atoms with E-state index in [1.165, 1.54) is 0 Å². The average molecular weight is 306 g/mol. The molecule has 122 valence electrons. The highest BCUT2D eigenvalue weighted by atomic mass is 16.5. The van der Waals surface area contributed by atoms with E-state index in [1.54, 1.807) is 7.05 Å². The fraction of sp³-hybridized carbons (Fsp3) is 0.625. The van der Waals surface area contributed by atoms with Gasteiger partial charge in [-0.25, -0.2) is 0 Å². The van der Waals surface area contributed by atoms with Gasteiger partial charge in [-0.3, -0.25) is 9.98 Å². The molecule has 2 N–H and O–H groups in total. The second-order valence-electron chi connectivity index (χ2n) is 5.33. The molecule has 1 aromatic heterocycles. The first-order valence-electron chi connectivity index (χ1n) is 7.84. The molecule has 0 amide bonds. The highest BCUT2D eigenvalue weighted by molar-refractivity contribution is 5.79. The second kappa shape index (κ2) is 9.38. The van der Waals surface area contributed by atoms with Crippen LogP contribution in [0.1, 0.15) is 24.2 Å². The van der Waals surface area contributed by atoms with Crippen LogP contribution in [-0.2, 0) is 16.0 Å². The molecule has 2 heterocycles. The molecule has 1 aromatic rings. The van der Waals surface area contributed by atoms with E-state index in [0.29, 0.717) is 6.54 Å². The van der Waals surface area contributed by atoms with Gasteiger partial charge in [-0.2, -0.15) is 0 Å². The first kappa shape index (κ1) is 16.7. The van der Waals surface area contributed by atoms with Crippen molar-refractivity contribution in [3.05, 3.63) is 29.6 Å². The van der Waals surface area contributed by atoms with Gasteiger partial charge in [-0.1, -0.05) is 6.07 Å². The molecule has 2 rings (SSSR count). The Hall–Kier alpha value is -1.66. The van der Waals surface area contributed by atoms with Crippen LogP contribution >= 0.6 is 0 Å². The predicted octanol–water partition coefficient (Wildman–Crippen LogP) is 1.25. The molecule has 0 aliphatic carbocycles. The van der Waals surface area contributed by atoms with Crippen molar-refractivity contribution in [3.8, 4) is 0 Å². The molecule has 6 heteroatoms. The minimum Gasteiger partial charge on any atom is -0.379 e. The van der Waals surface area contributed by atoms with Gasteiger partial charge >= 0.3 is 0 Å². The molecule has 0 bridgehead atoms. The highest BCUT2D eigenvalue weighted by Gasteiger charge is 2.15. The third-order valence-electron chi connectivity index (χ3n) is 3.46. The van der Waals surface area contributed by atoms with Gasteiger partial charge in [0.05, 0.1) is 24.9 Å². The third kappa shape index (κ3) is 5.99. The van der Waals surface area contributed by atoms with Crippen LogP contribution in [0, 0.1) is 6.92 Å². The Kier molecular flexibility index (Phi) is 7.12. The summed E-state index contributed by atoms with van der Waals surface area (Å²) in [5, 5.41) is 6.54. The summed E-state index contributed by atoms with van der Waals surface area (Å²) in [5.74, 6) is 0.785. The molecule has 1 aliphatic heterocycles. The lowest BCUT2D eigenvalue weighted by molar-refractivity contribution is 0.0420. The number of guanidine groups is 1. The third-order valence-corrected chi connectivity index (χ3v) is 3.46. The topological polar surface area (TPSA) is 67.8 Å². The summed E-state index contributed by atoms with van der Waals surface area (Å²) < 4.78 is 11.0. The van der Waals surface area contributed by atoms with Crippen molar-refractivity contribution in [2.75, 3.05) is 33.4 Å². The zero-order chi connectivity index (χ0) is 15.6. The van der Waals surface area contributed by atoms with E-state index in [-0.39, 0.29) is 6.10 Å². The molecule has 0 radical (unpaired) electrons. The first-order chi connectivity index (χ1) is 10.8. The van der Waals surface area contributed by atoms with Crippen molar-refractivity contribution in [3.63, 3.8) is 0 Å². The van der Waals surface area contributed by atoms with E-state index in [9.17, 15) is 0 Å². The molecule has 1 fully saturated rings. The molecule has 1 unspecified atom stereocenters. The van der Waals surface area contributed by atoms with Gasteiger partial charge in [-0.05, 0) is 31.9 Å². The number of hydrogen-bond donors (Lipinski definition) is 2. The highest BCUT2D eigenvalue weighted by Crippen LogP contribution is 2.07. The average Bonchev–Trinajstić information content (AvgIpc) is 3.03. The maximum Gasteiger partial charge on any atom is 0.191 e. The van der Waals surface area contributed by atoms with E-state index in [1.807, 2.05) is 25.1 Å². The lowest BCUT2D eigenvalue weighted by Gasteiger charge is -2.13. The molecule has 0 spiro atoms. The summed E-state index contributed by atoms with van der Waals surface area (Å²) >= 11 is 0. The summed E-state index contributed by atoms with van der Waals surface area (Å²) in [4.78, 5) is 8.66. The number of aliphatic imine (C=N–C) groups is 1. The van der Waals surface area contributed by atoms with Gasteiger partial charge in [-0.15, -0.1) is 0 Å². The number of nitrogens with zero attached hydrogens (tertiary/aromatic N) is 2. The van der Waals surface area contributed by atoms with Crippen LogP contribution in [0.25, 0.3) is 0 Å². The Bertz CT molecular complexity index is 473. The van der Waals surface area contributed by atoms with E-state index >= 15 is 0 Å². The number of nitrogens with one attached hydrogen (secondary N) is 2. The van der Waals surface area contributed by atoms with Crippen molar-refractivity contribution < 1.29 is 9.47 Å². The molecule has 1 aliphatic rings. The number of rotatable bonds is 7. The fourth-order valence-electron chi connectivity index (χ4n) is 2.27. The number of aryl methyl sites for hydroxylation is 1. The number of ether oxygens (including phenoxy) is 2. The van der Waals surface area contributed by atoms with Gasteiger partial charge < -0.3 is 20.1 Å². The molecule has 1 saturated heterocycles. The standard InChI is InChI=1S/C16H26N4O2/c1-13-5-3-6-14(20-13)11-19-16(17-2)18-8-4-9-22-15-7-10-21-12-15/h3,5-6,15H,4,7-12H2,1-2H3,(H2,17,18,19). The van der Waals surface area contributed by atoms with E-state index in [4.69, 9.17) is 9.47 Å². The van der Waals surface area contributed by atoms with Crippen molar-refractivity contribution in [1.29, 1.82) is 0 Å². The summed E-state index contributed by atoms with van der Waals surface area (Å²) in [5.41, 5.74) is 2.03. The van der Waals surface area contributed by atoms with Crippen molar-refractivity contribution in [2.45, 2.75) is 32.4 Å². The Morgan fingerprint density at radius 3 is 3.09 bits per heavy atom. The number of pyridine rings is 1. The molecule has 1 atom stereocenters. The molecule has 0 aromatic carbocycles. The van der Waals surface area contributed by atoms with Crippen LogP contribution < -0.4 is 10.6 Å². The van der Waals surface area contributed by atoms with Gasteiger partial charge in [0.25, 0.3) is 0 Å². The maximum atomic E-state index is 5.73. The monoisotopic (exact) mass is 306 g/mol. The maximum absolute atomic E-state index is 5.73. The van der Waals surface area contributed by atoms with E-state index in [2.05, 4.69) is 20.6 Å². The molecular formula is C16H26N4O2. The van der Waals surface area contributed by atoms with Crippen LogP contribution in [0.15, 0.2) is 23.2 Å². The molecule has 0 saturated carbocycles. The molecule has 22 heavy (non-hydrogen) atoms. The van der Waals surface area contributed by atoms with Gasteiger partial charge in [0, 0.05) is 32.5 Å². The Morgan fingerprint density at radius 1 is 1.45 bits per heavy atom. The SMILES string of the molecule is CN=C(NCCCOC1CCOC1)NCc1cccc(C)n1. The normalized spacial score (nSPS) is 18.5. The van der Waals surface area contributed by atoms with Crippen molar-refractivity contribution in [1.82, 2.24) is 15.6 Å². The fourth-order valence-corrected chi connectivity index (χ4v) is 2.27. The first-order valence-corrected chi connectivity index (χ1v) is 7.84. The zero-order valence-electron chi connectivity index (χ0n) is 13.5. The van der Waals surface area contributed by atoms with Crippen LogP contribution in [0.3, 0.4) is 0 Å². The second-order valence-corrected chi connectivity index (χ2v) is 5.33. The van der Waals surface area contributed by atoms with Crippen LogP contribution in [-0.4, -0.2) is 50.5 Å². The van der Waals surface area contributed by atoms with Crippen molar-refractivity contribution in [2.24, 2.45) is 4.99 Å². The predicted molar refractivity (Wildman–Crippen MR) is 87.0 cm³/mol. The van der Waals surface area contributed by atoms with E-state index < -0.39 is 0 Å². The molecular weight excluding hydrogens is 280 g/mol. The smallest absolute Gasteiger partial charge is 0.191 e. The largest absolute Gasteiger partial charge is 0.379 e. The summed E-state index contributed by atoms with van der Waals surface area (Å²) in [6.07, 6.45) is 2.24. The Balaban J connectivity index is 1.58. The summed E-state index contributed by atoms with van der Waals surface area (Å²) in [7, 11) is 1.77. The van der Waals surface area contributed by atoms with Gasteiger partial charge in [0.2, 0.25) is 0 Å². The van der Waals surface area contributed by atoms with Crippen LogP contribution in [0.5, 0.6) is 0 Å². The lowest BCUT2D eigenvalue weighted by Crippen LogP contribution is -2.37. The quantitative estimate of drug-likeness (QED) is 0.451. The Labute approximate surface area is 132 Å².